The molecule has 1 aliphatic carbocycles. The minimum Gasteiger partial charge on any atom is -0.493 e. The zero-order chi connectivity index (χ0) is 14.0. The molecule has 0 bridgehead atoms. The molecule has 0 amide bonds. The van der Waals surface area contributed by atoms with Crippen molar-refractivity contribution in [3.63, 3.8) is 0 Å². The van der Waals surface area contributed by atoms with Crippen molar-refractivity contribution in [3.05, 3.63) is 17.7 Å². The average molecular weight is 265 g/mol. The molecule has 4 nitrogen and oxygen atoms in total. The number of hydrogen-bond acceptors (Lipinski definition) is 4. The lowest BCUT2D eigenvalue weighted by atomic mass is 9.90. The van der Waals surface area contributed by atoms with Crippen LogP contribution in [0, 0.1) is 5.41 Å². The molecular weight excluding hydrogens is 242 g/mol. The van der Waals surface area contributed by atoms with Gasteiger partial charge >= 0.3 is 0 Å². The summed E-state index contributed by atoms with van der Waals surface area (Å²) in [5.41, 5.74) is 7.53. The topological polar surface area (TPSA) is 53.7 Å². The SMILES string of the molecule is COc1cc(CC2(C(C)N)CC2)cc(OC)c1OC. The van der Waals surface area contributed by atoms with Crippen molar-refractivity contribution in [1.82, 2.24) is 0 Å². The second-order valence-electron chi connectivity index (χ2n) is 5.36. The molecule has 2 N–H and O–H groups in total. The van der Waals surface area contributed by atoms with Crippen molar-refractivity contribution in [2.45, 2.75) is 32.2 Å². The predicted octanol–water partition coefficient (Wildman–Crippen LogP) is 2.38. The first-order valence-corrected chi connectivity index (χ1v) is 6.61. The van der Waals surface area contributed by atoms with Crippen molar-refractivity contribution in [1.29, 1.82) is 0 Å². The Balaban J connectivity index is 2.31. The Morgan fingerprint density at radius 1 is 1.11 bits per heavy atom. The Hall–Kier alpha value is -1.42. The van der Waals surface area contributed by atoms with E-state index in [1.165, 1.54) is 18.4 Å². The van der Waals surface area contributed by atoms with Crippen LogP contribution >= 0.6 is 0 Å². The van der Waals surface area contributed by atoms with Gasteiger partial charge in [0.25, 0.3) is 0 Å². The van der Waals surface area contributed by atoms with Crippen LogP contribution in [0.5, 0.6) is 17.2 Å². The third-order valence-electron chi connectivity index (χ3n) is 4.14. The second kappa shape index (κ2) is 5.29. The Morgan fingerprint density at radius 2 is 1.63 bits per heavy atom. The molecule has 106 valence electrons. The molecule has 0 heterocycles. The zero-order valence-electron chi connectivity index (χ0n) is 12.2. The number of ether oxygens (including phenoxy) is 3. The van der Waals surface area contributed by atoms with Crippen LogP contribution in [0.25, 0.3) is 0 Å². The van der Waals surface area contributed by atoms with Crippen molar-refractivity contribution in [2.24, 2.45) is 11.1 Å². The van der Waals surface area contributed by atoms with E-state index in [1.54, 1.807) is 21.3 Å². The van der Waals surface area contributed by atoms with E-state index in [-0.39, 0.29) is 11.5 Å². The molecule has 1 atom stereocenters. The molecule has 0 aliphatic heterocycles. The van der Waals surface area contributed by atoms with Crippen LogP contribution in [0.2, 0.25) is 0 Å². The third-order valence-corrected chi connectivity index (χ3v) is 4.14. The number of methoxy groups -OCH3 is 3. The molecule has 0 spiro atoms. The summed E-state index contributed by atoms with van der Waals surface area (Å²) in [5, 5.41) is 0. The monoisotopic (exact) mass is 265 g/mol. The highest BCUT2D eigenvalue weighted by atomic mass is 16.5. The molecule has 4 heteroatoms. The van der Waals surface area contributed by atoms with Crippen LogP contribution in [0.15, 0.2) is 12.1 Å². The zero-order valence-corrected chi connectivity index (χ0v) is 12.2. The molecule has 0 saturated heterocycles. The Bertz CT molecular complexity index is 428. The fraction of sp³-hybridized carbons (Fsp3) is 0.600. The van der Waals surface area contributed by atoms with Gasteiger partial charge in [0.1, 0.15) is 0 Å². The van der Waals surface area contributed by atoms with Crippen molar-refractivity contribution in [2.75, 3.05) is 21.3 Å². The van der Waals surface area contributed by atoms with Crippen LogP contribution in [-0.2, 0) is 6.42 Å². The Labute approximate surface area is 114 Å². The van der Waals surface area contributed by atoms with Crippen molar-refractivity contribution in [3.8, 4) is 17.2 Å². The standard InChI is InChI=1S/C15H23NO3/c1-10(16)15(5-6-15)9-11-7-12(17-2)14(19-4)13(8-11)18-3/h7-8,10H,5-6,9,16H2,1-4H3. The summed E-state index contributed by atoms with van der Waals surface area (Å²) < 4.78 is 16.1. The molecule has 19 heavy (non-hydrogen) atoms. The summed E-state index contributed by atoms with van der Waals surface area (Å²) in [6, 6.07) is 4.25. The van der Waals surface area contributed by atoms with Gasteiger partial charge in [-0.25, -0.2) is 0 Å². The molecular formula is C15H23NO3. The molecule has 0 aromatic heterocycles. The lowest BCUT2D eigenvalue weighted by Gasteiger charge is -2.21. The van der Waals surface area contributed by atoms with Crippen molar-refractivity contribution >= 4 is 0 Å². The van der Waals surface area contributed by atoms with Gasteiger partial charge in [-0.05, 0) is 49.3 Å². The summed E-state index contributed by atoms with van der Waals surface area (Å²) in [6.45, 7) is 2.09. The summed E-state index contributed by atoms with van der Waals surface area (Å²) in [4.78, 5) is 0. The van der Waals surface area contributed by atoms with E-state index in [4.69, 9.17) is 19.9 Å². The van der Waals surface area contributed by atoms with E-state index >= 15 is 0 Å². The normalized spacial score (nSPS) is 17.7. The van der Waals surface area contributed by atoms with Crippen LogP contribution in [0.3, 0.4) is 0 Å². The highest BCUT2D eigenvalue weighted by Gasteiger charge is 2.45. The molecule has 1 saturated carbocycles. The molecule has 1 aliphatic rings. The van der Waals surface area contributed by atoms with Gasteiger partial charge in [-0.15, -0.1) is 0 Å². The third kappa shape index (κ3) is 2.63. The van der Waals surface area contributed by atoms with E-state index < -0.39 is 0 Å². The summed E-state index contributed by atoms with van der Waals surface area (Å²) in [6.07, 6.45) is 3.35. The summed E-state index contributed by atoms with van der Waals surface area (Å²) in [5.74, 6) is 2.05. The molecule has 1 aromatic carbocycles. The minimum absolute atomic E-state index is 0.214. The molecule has 1 aromatic rings. The molecule has 1 unspecified atom stereocenters. The van der Waals surface area contributed by atoms with E-state index in [9.17, 15) is 0 Å². The van der Waals surface area contributed by atoms with Gasteiger partial charge in [0.15, 0.2) is 11.5 Å². The van der Waals surface area contributed by atoms with Gasteiger partial charge in [-0.3, -0.25) is 0 Å². The predicted molar refractivity (Wildman–Crippen MR) is 75.1 cm³/mol. The number of benzene rings is 1. The second-order valence-corrected chi connectivity index (χ2v) is 5.36. The number of hydrogen-bond donors (Lipinski definition) is 1. The highest BCUT2D eigenvalue weighted by Crippen LogP contribution is 2.51. The molecule has 2 rings (SSSR count). The smallest absolute Gasteiger partial charge is 0.203 e. The summed E-state index contributed by atoms with van der Waals surface area (Å²) in [7, 11) is 4.89. The maximum atomic E-state index is 6.09. The Morgan fingerprint density at radius 3 is 1.95 bits per heavy atom. The Kier molecular flexibility index (Phi) is 3.90. The van der Waals surface area contributed by atoms with E-state index in [1.807, 2.05) is 12.1 Å². The van der Waals surface area contributed by atoms with E-state index in [2.05, 4.69) is 6.92 Å². The van der Waals surface area contributed by atoms with Crippen LogP contribution in [-0.4, -0.2) is 27.4 Å². The highest BCUT2D eigenvalue weighted by molar-refractivity contribution is 5.54. The first kappa shape index (κ1) is 14.0. The van der Waals surface area contributed by atoms with Gasteiger partial charge in [0, 0.05) is 6.04 Å². The summed E-state index contributed by atoms with van der Waals surface area (Å²) >= 11 is 0. The van der Waals surface area contributed by atoms with Crippen LogP contribution < -0.4 is 19.9 Å². The largest absolute Gasteiger partial charge is 0.493 e. The number of rotatable bonds is 6. The number of nitrogens with two attached hydrogens (primary N) is 1. The quantitative estimate of drug-likeness (QED) is 0.858. The minimum atomic E-state index is 0.214. The fourth-order valence-corrected chi connectivity index (χ4v) is 2.60. The maximum Gasteiger partial charge on any atom is 0.203 e. The lowest BCUT2D eigenvalue weighted by molar-refractivity contribution is 0.322. The van der Waals surface area contributed by atoms with Crippen LogP contribution in [0.1, 0.15) is 25.3 Å². The van der Waals surface area contributed by atoms with Gasteiger partial charge in [-0.1, -0.05) is 0 Å². The van der Waals surface area contributed by atoms with Gasteiger partial charge in [0.2, 0.25) is 5.75 Å². The van der Waals surface area contributed by atoms with Crippen molar-refractivity contribution < 1.29 is 14.2 Å². The lowest BCUT2D eigenvalue weighted by Crippen LogP contribution is -2.29. The first-order chi connectivity index (χ1) is 9.06. The molecule has 0 radical (unpaired) electrons. The van der Waals surface area contributed by atoms with E-state index in [0.29, 0.717) is 17.2 Å². The fourth-order valence-electron chi connectivity index (χ4n) is 2.60. The van der Waals surface area contributed by atoms with Gasteiger partial charge in [-0.2, -0.15) is 0 Å². The van der Waals surface area contributed by atoms with Gasteiger partial charge in [0.05, 0.1) is 21.3 Å². The average Bonchev–Trinajstić information content (AvgIpc) is 3.18. The van der Waals surface area contributed by atoms with Crippen LogP contribution in [0.4, 0.5) is 0 Å². The molecule has 1 fully saturated rings. The first-order valence-electron chi connectivity index (χ1n) is 6.61. The van der Waals surface area contributed by atoms with Gasteiger partial charge < -0.3 is 19.9 Å². The maximum absolute atomic E-state index is 6.09. The van der Waals surface area contributed by atoms with E-state index in [0.717, 1.165) is 6.42 Å².